The van der Waals surface area contributed by atoms with Crippen molar-refractivity contribution in [1.29, 1.82) is 0 Å². The standard InChI is InChI=1S/C12H21N3O3/c1-3-16-9(2)12-14-11(18-15-12)8-17-10-4-6-13-7-5-10/h9-10,13H,3-8H2,1-2H3. The molecule has 1 atom stereocenters. The zero-order valence-corrected chi connectivity index (χ0v) is 11.0. The molecule has 2 heterocycles. The van der Waals surface area contributed by atoms with Gasteiger partial charge in [0.05, 0.1) is 6.10 Å². The van der Waals surface area contributed by atoms with Gasteiger partial charge in [0, 0.05) is 6.61 Å². The van der Waals surface area contributed by atoms with Crippen LogP contribution >= 0.6 is 0 Å². The van der Waals surface area contributed by atoms with Gasteiger partial charge in [-0.3, -0.25) is 0 Å². The molecular formula is C12H21N3O3. The van der Waals surface area contributed by atoms with Gasteiger partial charge in [-0.25, -0.2) is 0 Å². The Kier molecular flexibility index (Phi) is 5.10. The summed E-state index contributed by atoms with van der Waals surface area (Å²) < 4.78 is 16.3. The number of ether oxygens (including phenoxy) is 2. The van der Waals surface area contributed by atoms with Crippen LogP contribution in [-0.2, 0) is 16.1 Å². The maximum atomic E-state index is 5.74. The average molecular weight is 255 g/mol. The summed E-state index contributed by atoms with van der Waals surface area (Å²) in [6, 6.07) is 0. The van der Waals surface area contributed by atoms with Crippen molar-refractivity contribution in [1.82, 2.24) is 15.5 Å². The number of aromatic nitrogens is 2. The summed E-state index contributed by atoms with van der Waals surface area (Å²) in [6.45, 7) is 6.90. The minimum atomic E-state index is -0.133. The van der Waals surface area contributed by atoms with E-state index in [1.807, 2.05) is 13.8 Å². The minimum absolute atomic E-state index is 0.133. The molecule has 2 rings (SSSR count). The third-order valence-electron chi connectivity index (χ3n) is 2.99. The van der Waals surface area contributed by atoms with Crippen molar-refractivity contribution >= 4 is 0 Å². The smallest absolute Gasteiger partial charge is 0.252 e. The molecule has 0 bridgehead atoms. The zero-order valence-electron chi connectivity index (χ0n) is 11.0. The van der Waals surface area contributed by atoms with E-state index in [-0.39, 0.29) is 6.10 Å². The predicted octanol–water partition coefficient (Wildman–Crippen LogP) is 1.44. The van der Waals surface area contributed by atoms with Gasteiger partial charge < -0.3 is 19.3 Å². The van der Waals surface area contributed by atoms with Crippen molar-refractivity contribution in [3.63, 3.8) is 0 Å². The summed E-state index contributed by atoms with van der Waals surface area (Å²) >= 11 is 0. The molecule has 0 aliphatic carbocycles. The van der Waals surface area contributed by atoms with Gasteiger partial charge in [-0.15, -0.1) is 0 Å². The van der Waals surface area contributed by atoms with Crippen molar-refractivity contribution in [3.8, 4) is 0 Å². The maximum absolute atomic E-state index is 5.74. The Bertz CT molecular complexity index is 350. The Balaban J connectivity index is 1.79. The molecule has 6 nitrogen and oxygen atoms in total. The number of hydrogen-bond acceptors (Lipinski definition) is 6. The van der Waals surface area contributed by atoms with Crippen molar-refractivity contribution < 1.29 is 14.0 Å². The molecule has 18 heavy (non-hydrogen) atoms. The quantitative estimate of drug-likeness (QED) is 0.829. The van der Waals surface area contributed by atoms with Crippen LogP contribution in [0.15, 0.2) is 4.52 Å². The van der Waals surface area contributed by atoms with Gasteiger partial charge in [0.25, 0.3) is 5.89 Å². The van der Waals surface area contributed by atoms with Crippen molar-refractivity contribution in [2.24, 2.45) is 0 Å². The summed E-state index contributed by atoms with van der Waals surface area (Å²) in [4.78, 5) is 4.27. The van der Waals surface area contributed by atoms with Crippen LogP contribution in [0.5, 0.6) is 0 Å². The molecule has 1 saturated heterocycles. The van der Waals surface area contributed by atoms with E-state index in [4.69, 9.17) is 14.0 Å². The Morgan fingerprint density at radius 2 is 2.22 bits per heavy atom. The minimum Gasteiger partial charge on any atom is -0.371 e. The van der Waals surface area contributed by atoms with Crippen LogP contribution in [0, 0.1) is 0 Å². The third kappa shape index (κ3) is 3.76. The lowest BCUT2D eigenvalue weighted by molar-refractivity contribution is 0.00858. The monoisotopic (exact) mass is 255 g/mol. The van der Waals surface area contributed by atoms with E-state index >= 15 is 0 Å². The lowest BCUT2D eigenvalue weighted by atomic mass is 10.1. The molecule has 0 aromatic carbocycles. The largest absolute Gasteiger partial charge is 0.371 e. The van der Waals surface area contributed by atoms with E-state index in [1.54, 1.807) is 0 Å². The van der Waals surface area contributed by atoms with Crippen molar-refractivity contribution in [2.45, 2.75) is 45.5 Å². The van der Waals surface area contributed by atoms with Crippen molar-refractivity contribution in [2.75, 3.05) is 19.7 Å². The van der Waals surface area contributed by atoms with Gasteiger partial charge in [-0.1, -0.05) is 5.16 Å². The highest BCUT2D eigenvalue weighted by atomic mass is 16.5. The fourth-order valence-corrected chi connectivity index (χ4v) is 1.97. The number of hydrogen-bond donors (Lipinski definition) is 1. The van der Waals surface area contributed by atoms with Crippen LogP contribution < -0.4 is 5.32 Å². The molecular weight excluding hydrogens is 234 g/mol. The molecule has 1 aliphatic rings. The summed E-state index contributed by atoms with van der Waals surface area (Å²) in [7, 11) is 0. The van der Waals surface area contributed by atoms with Crippen LogP contribution in [0.25, 0.3) is 0 Å². The zero-order chi connectivity index (χ0) is 12.8. The summed E-state index contributed by atoms with van der Waals surface area (Å²) in [5.74, 6) is 1.11. The Morgan fingerprint density at radius 3 is 2.94 bits per heavy atom. The molecule has 1 unspecified atom stereocenters. The molecule has 0 saturated carbocycles. The first-order valence-corrected chi connectivity index (χ1v) is 6.56. The summed E-state index contributed by atoms with van der Waals surface area (Å²) in [5, 5.41) is 7.19. The first-order valence-electron chi connectivity index (χ1n) is 6.56. The molecule has 1 aromatic heterocycles. The van der Waals surface area contributed by atoms with E-state index in [0.717, 1.165) is 25.9 Å². The van der Waals surface area contributed by atoms with Gasteiger partial charge in [0.2, 0.25) is 0 Å². The van der Waals surface area contributed by atoms with Gasteiger partial charge >= 0.3 is 0 Å². The molecule has 102 valence electrons. The maximum Gasteiger partial charge on any atom is 0.252 e. The van der Waals surface area contributed by atoms with Crippen molar-refractivity contribution in [3.05, 3.63) is 11.7 Å². The van der Waals surface area contributed by atoms with Crippen LogP contribution in [0.3, 0.4) is 0 Å². The van der Waals surface area contributed by atoms with Crippen LogP contribution in [-0.4, -0.2) is 35.9 Å². The van der Waals surface area contributed by atoms with Crippen LogP contribution in [0.2, 0.25) is 0 Å². The highest BCUT2D eigenvalue weighted by Crippen LogP contribution is 2.14. The Morgan fingerprint density at radius 1 is 1.44 bits per heavy atom. The molecule has 0 amide bonds. The molecule has 6 heteroatoms. The number of rotatable bonds is 6. The molecule has 0 spiro atoms. The molecule has 1 aromatic rings. The SMILES string of the molecule is CCOC(C)c1noc(COC2CCNCC2)n1. The molecule has 1 aliphatic heterocycles. The number of piperidine rings is 1. The number of nitrogens with zero attached hydrogens (tertiary/aromatic N) is 2. The van der Waals surface area contributed by atoms with Gasteiger partial charge in [-0.05, 0) is 39.8 Å². The molecule has 1 N–H and O–H groups in total. The lowest BCUT2D eigenvalue weighted by Gasteiger charge is -2.21. The van der Waals surface area contributed by atoms with E-state index in [0.29, 0.717) is 31.0 Å². The van der Waals surface area contributed by atoms with Gasteiger partial charge in [-0.2, -0.15) is 4.98 Å². The fraction of sp³-hybridized carbons (Fsp3) is 0.833. The Hall–Kier alpha value is -0.980. The van der Waals surface area contributed by atoms with E-state index in [1.165, 1.54) is 0 Å². The topological polar surface area (TPSA) is 69.4 Å². The first-order chi connectivity index (χ1) is 8.79. The van der Waals surface area contributed by atoms with Gasteiger partial charge in [0.1, 0.15) is 12.7 Å². The highest BCUT2D eigenvalue weighted by molar-refractivity contribution is 4.89. The number of nitrogens with one attached hydrogen (secondary N) is 1. The second-order valence-electron chi connectivity index (χ2n) is 4.40. The second-order valence-corrected chi connectivity index (χ2v) is 4.40. The fourth-order valence-electron chi connectivity index (χ4n) is 1.97. The molecule has 0 radical (unpaired) electrons. The normalized spacial score (nSPS) is 19.0. The third-order valence-corrected chi connectivity index (χ3v) is 2.99. The van der Waals surface area contributed by atoms with Crippen LogP contribution in [0.4, 0.5) is 0 Å². The summed E-state index contributed by atoms with van der Waals surface area (Å²) in [5.41, 5.74) is 0. The van der Waals surface area contributed by atoms with Crippen LogP contribution in [0.1, 0.15) is 44.5 Å². The predicted molar refractivity (Wildman–Crippen MR) is 65.0 cm³/mol. The highest BCUT2D eigenvalue weighted by Gasteiger charge is 2.17. The van der Waals surface area contributed by atoms with E-state index < -0.39 is 0 Å². The lowest BCUT2D eigenvalue weighted by Crippen LogP contribution is -2.32. The van der Waals surface area contributed by atoms with E-state index in [9.17, 15) is 0 Å². The molecule has 1 fully saturated rings. The van der Waals surface area contributed by atoms with Gasteiger partial charge in [0.15, 0.2) is 5.82 Å². The van der Waals surface area contributed by atoms with E-state index in [2.05, 4.69) is 15.5 Å². The average Bonchev–Trinajstić information content (AvgIpc) is 2.87. The Labute approximate surface area is 107 Å². The summed E-state index contributed by atoms with van der Waals surface area (Å²) in [6.07, 6.45) is 2.24. The first kappa shape index (κ1) is 13.5. The second kappa shape index (κ2) is 6.82.